The van der Waals surface area contributed by atoms with Crippen LogP contribution in [0.5, 0.6) is 11.5 Å². The SMILES string of the molecule is CCOc1c(Cl)cc(CNC(=NC)NCc2cc(F)ccc2F)cc1OC. The molecule has 5 nitrogen and oxygen atoms in total. The van der Waals surface area contributed by atoms with Gasteiger partial charge in [0, 0.05) is 25.7 Å². The molecule has 0 spiro atoms. The van der Waals surface area contributed by atoms with Crippen LogP contribution in [-0.4, -0.2) is 26.7 Å². The molecular formula is C19H22ClF2N3O2. The molecule has 0 aliphatic carbocycles. The van der Waals surface area contributed by atoms with Crippen molar-refractivity contribution >= 4 is 17.6 Å². The first-order valence-corrected chi connectivity index (χ1v) is 8.73. The maximum absolute atomic E-state index is 13.7. The zero-order valence-electron chi connectivity index (χ0n) is 15.4. The molecule has 2 aromatic rings. The van der Waals surface area contributed by atoms with Gasteiger partial charge in [-0.15, -0.1) is 0 Å². The molecule has 0 saturated carbocycles. The first kappa shape index (κ1) is 20.8. The van der Waals surface area contributed by atoms with Crippen molar-refractivity contribution in [2.75, 3.05) is 20.8 Å². The predicted octanol–water partition coefficient (Wildman–Crippen LogP) is 3.89. The van der Waals surface area contributed by atoms with Gasteiger partial charge in [0.15, 0.2) is 17.5 Å². The topological polar surface area (TPSA) is 54.9 Å². The van der Waals surface area contributed by atoms with Gasteiger partial charge in [-0.3, -0.25) is 4.99 Å². The van der Waals surface area contributed by atoms with Gasteiger partial charge in [0.1, 0.15) is 11.6 Å². The van der Waals surface area contributed by atoms with Crippen LogP contribution in [0, 0.1) is 11.6 Å². The molecule has 0 unspecified atom stereocenters. The van der Waals surface area contributed by atoms with Crippen molar-refractivity contribution in [3.63, 3.8) is 0 Å². The standard InChI is InChI=1S/C19H22ClF2N3O2/c1-4-27-18-15(20)7-12(8-17(18)26-3)10-24-19(23-2)25-11-13-9-14(21)5-6-16(13)22/h5-9H,4,10-11H2,1-3H3,(H2,23,24,25). The van der Waals surface area contributed by atoms with Crippen LogP contribution in [-0.2, 0) is 13.1 Å². The third-order valence-corrected chi connectivity index (χ3v) is 4.00. The van der Waals surface area contributed by atoms with Crippen LogP contribution < -0.4 is 20.1 Å². The lowest BCUT2D eigenvalue weighted by Crippen LogP contribution is -2.36. The van der Waals surface area contributed by atoms with E-state index in [1.54, 1.807) is 20.2 Å². The minimum atomic E-state index is -0.493. The predicted molar refractivity (Wildman–Crippen MR) is 103 cm³/mol. The maximum Gasteiger partial charge on any atom is 0.191 e. The Morgan fingerprint density at radius 2 is 1.89 bits per heavy atom. The van der Waals surface area contributed by atoms with Gasteiger partial charge in [-0.1, -0.05) is 11.6 Å². The van der Waals surface area contributed by atoms with Gasteiger partial charge >= 0.3 is 0 Å². The number of aliphatic imine (C=N–C) groups is 1. The van der Waals surface area contributed by atoms with E-state index < -0.39 is 11.6 Å². The van der Waals surface area contributed by atoms with Crippen molar-refractivity contribution in [1.82, 2.24) is 10.6 Å². The normalized spacial score (nSPS) is 11.3. The molecule has 8 heteroatoms. The number of hydrogen-bond acceptors (Lipinski definition) is 3. The van der Waals surface area contributed by atoms with Crippen LogP contribution in [0.2, 0.25) is 5.02 Å². The number of benzene rings is 2. The van der Waals surface area contributed by atoms with E-state index in [2.05, 4.69) is 15.6 Å². The van der Waals surface area contributed by atoms with Crippen molar-refractivity contribution in [3.8, 4) is 11.5 Å². The number of halogens is 3. The van der Waals surface area contributed by atoms with E-state index in [-0.39, 0.29) is 12.1 Å². The summed E-state index contributed by atoms with van der Waals surface area (Å²) in [6.45, 7) is 2.83. The second-order valence-electron chi connectivity index (χ2n) is 5.56. The summed E-state index contributed by atoms with van der Waals surface area (Å²) in [6, 6.07) is 6.89. The molecule has 0 aromatic heterocycles. The lowest BCUT2D eigenvalue weighted by Gasteiger charge is -2.15. The summed E-state index contributed by atoms with van der Waals surface area (Å²) in [5, 5.41) is 6.47. The maximum atomic E-state index is 13.7. The fourth-order valence-electron chi connectivity index (χ4n) is 2.42. The van der Waals surface area contributed by atoms with Crippen LogP contribution in [0.4, 0.5) is 8.78 Å². The van der Waals surface area contributed by atoms with Crippen LogP contribution >= 0.6 is 11.6 Å². The van der Waals surface area contributed by atoms with Crippen LogP contribution in [0.3, 0.4) is 0 Å². The number of ether oxygens (including phenoxy) is 2. The molecule has 2 N–H and O–H groups in total. The molecule has 0 atom stereocenters. The van der Waals surface area contributed by atoms with E-state index in [0.717, 1.165) is 23.8 Å². The highest BCUT2D eigenvalue weighted by molar-refractivity contribution is 6.32. The Kier molecular flexibility index (Phi) is 7.67. The van der Waals surface area contributed by atoms with E-state index >= 15 is 0 Å². The fourth-order valence-corrected chi connectivity index (χ4v) is 2.71. The molecule has 0 aliphatic heterocycles. The highest BCUT2D eigenvalue weighted by Gasteiger charge is 2.12. The quantitative estimate of drug-likeness (QED) is 0.549. The second kappa shape index (κ2) is 9.97. The summed E-state index contributed by atoms with van der Waals surface area (Å²) in [7, 11) is 3.13. The Morgan fingerprint density at radius 1 is 1.15 bits per heavy atom. The molecule has 0 bridgehead atoms. The van der Waals surface area contributed by atoms with Crippen LogP contribution in [0.15, 0.2) is 35.3 Å². The Morgan fingerprint density at radius 3 is 2.56 bits per heavy atom. The molecule has 0 radical (unpaired) electrons. The monoisotopic (exact) mass is 397 g/mol. The average Bonchev–Trinajstić information content (AvgIpc) is 2.66. The van der Waals surface area contributed by atoms with E-state index in [0.29, 0.717) is 35.6 Å². The highest BCUT2D eigenvalue weighted by atomic mass is 35.5. The molecule has 0 amide bonds. The van der Waals surface area contributed by atoms with Crippen LogP contribution in [0.25, 0.3) is 0 Å². The third kappa shape index (κ3) is 5.72. The summed E-state index contributed by atoms with van der Waals surface area (Å²) >= 11 is 6.26. The van der Waals surface area contributed by atoms with Gasteiger partial charge in [-0.25, -0.2) is 8.78 Å². The van der Waals surface area contributed by atoms with Crippen molar-refractivity contribution in [2.24, 2.45) is 4.99 Å². The average molecular weight is 398 g/mol. The van der Waals surface area contributed by atoms with Gasteiger partial charge in [0.05, 0.1) is 18.7 Å². The van der Waals surface area contributed by atoms with Gasteiger partial charge in [0.25, 0.3) is 0 Å². The number of nitrogens with one attached hydrogen (secondary N) is 2. The molecule has 0 saturated heterocycles. The third-order valence-electron chi connectivity index (χ3n) is 3.72. The molecule has 2 rings (SSSR count). The zero-order valence-corrected chi connectivity index (χ0v) is 16.2. The lowest BCUT2D eigenvalue weighted by atomic mass is 10.2. The Balaban J connectivity index is 2.01. The van der Waals surface area contributed by atoms with E-state index in [1.807, 2.05) is 13.0 Å². The summed E-state index contributed by atoms with van der Waals surface area (Å²) < 4.78 is 37.8. The number of rotatable bonds is 7. The molecule has 2 aromatic carbocycles. The highest BCUT2D eigenvalue weighted by Crippen LogP contribution is 2.36. The van der Waals surface area contributed by atoms with Crippen LogP contribution in [0.1, 0.15) is 18.1 Å². The Hall–Kier alpha value is -2.54. The minimum Gasteiger partial charge on any atom is -0.493 e. The summed E-state index contributed by atoms with van der Waals surface area (Å²) in [4.78, 5) is 4.07. The minimum absolute atomic E-state index is 0.0939. The van der Waals surface area contributed by atoms with Gasteiger partial charge in [-0.2, -0.15) is 0 Å². The van der Waals surface area contributed by atoms with E-state index in [1.165, 1.54) is 0 Å². The molecule has 27 heavy (non-hydrogen) atoms. The second-order valence-corrected chi connectivity index (χ2v) is 5.96. The molecule has 0 aliphatic rings. The fraction of sp³-hybridized carbons (Fsp3) is 0.316. The van der Waals surface area contributed by atoms with Crippen molar-refractivity contribution < 1.29 is 18.3 Å². The van der Waals surface area contributed by atoms with Gasteiger partial charge < -0.3 is 20.1 Å². The van der Waals surface area contributed by atoms with Gasteiger partial charge in [-0.05, 0) is 42.8 Å². The summed E-state index contributed by atoms with van der Waals surface area (Å²) in [6.07, 6.45) is 0. The smallest absolute Gasteiger partial charge is 0.191 e. The first-order valence-electron chi connectivity index (χ1n) is 8.36. The summed E-state index contributed by atoms with van der Waals surface area (Å²) in [5.41, 5.74) is 1.06. The number of guanidine groups is 1. The lowest BCUT2D eigenvalue weighted by molar-refractivity contribution is 0.311. The number of nitrogens with zero attached hydrogens (tertiary/aromatic N) is 1. The molecule has 0 heterocycles. The summed E-state index contributed by atoms with van der Waals surface area (Å²) in [5.74, 6) is 0.484. The largest absolute Gasteiger partial charge is 0.493 e. The number of hydrogen-bond donors (Lipinski definition) is 2. The van der Waals surface area contributed by atoms with Crippen molar-refractivity contribution in [1.29, 1.82) is 0 Å². The molecular weight excluding hydrogens is 376 g/mol. The van der Waals surface area contributed by atoms with Gasteiger partial charge in [0.2, 0.25) is 0 Å². The van der Waals surface area contributed by atoms with Crippen molar-refractivity contribution in [3.05, 3.63) is 58.1 Å². The molecule has 0 fully saturated rings. The number of methoxy groups -OCH3 is 1. The first-order chi connectivity index (χ1) is 13.0. The van der Waals surface area contributed by atoms with Crippen molar-refractivity contribution in [2.45, 2.75) is 20.0 Å². The zero-order chi connectivity index (χ0) is 19.8. The Bertz CT molecular complexity index is 816. The Labute approximate surface area is 162 Å². The van der Waals surface area contributed by atoms with E-state index in [4.69, 9.17) is 21.1 Å². The van der Waals surface area contributed by atoms with E-state index in [9.17, 15) is 8.78 Å². The molecule has 146 valence electrons.